The first-order valence-corrected chi connectivity index (χ1v) is 12.0. The highest BCUT2D eigenvalue weighted by Gasteiger charge is 2.43. The number of nitrogens with one attached hydrogen (secondary N) is 1. The number of imidazole rings is 1. The Hall–Kier alpha value is -5.00. The normalized spacial score (nSPS) is 17.0. The molecule has 12 heteroatoms. The number of hydrogen-bond acceptors (Lipinski definition) is 7. The summed E-state index contributed by atoms with van der Waals surface area (Å²) in [7, 11) is 1.86. The maximum absolute atomic E-state index is 13.2. The van der Waals surface area contributed by atoms with Gasteiger partial charge in [-0.25, -0.2) is 9.78 Å². The third kappa shape index (κ3) is 3.95. The number of fused-ring (bicyclic) bond motifs is 1. The summed E-state index contributed by atoms with van der Waals surface area (Å²) in [6.07, 6.45) is 4.25. The van der Waals surface area contributed by atoms with Crippen LogP contribution in [-0.4, -0.2) is 63.9 Å². The fourth-order valence-electron chi connectivity index (χ4n) is 4.61. The Balaban J connectivity index is 1.22. The van der Waals surface area contributed by atoms with Crippen molar-refractivity contribution in [2.24, 2.45) is 7.05 Å². The molecule has 5 aromatic rings. The van der Waals surface area contributed by atoms with E-state index in [1.54, 1.807) is 21.3 Å². The first-order valence-electron chi connectivity index (χ1n) is 12.0. The monoisotopic (exact) mass is 512 g/mol. The fraction of sp³-hybridized carbons (Fsp3) is 0.231. The first-order chi connectivity index (χ1) is 18.3. The van der Waals surface area contributed by atoms with Crippen LogP contribution in [0.4, 0.5) is 10.5 Å². The molecule has 1 saturated heterocycles. The molecule has 0 bridgehead atoms. The Morgan fingerprint density at radius 3 is 2.71 bits per heavy atom. The van der Waals surface area contributed by atoms with E-state index >= 15 is 0 Å². The second kappa shape index (κ2) is 8.83. The van der Waals surface area contributed by atoms with Gasteiger partial charge in [0.1, 0.15) is 11.3 Å². The van der Waals surface area contributed by atoms with Crippen molar-refractivity contribution in [3.8, 4) is 22.6 Å². The van der Waals surface area contributed by atoms with E-state index in [2.05, 4.69) is 25.5 Å². The van der Waals surface area contributed by atoms with Gasteiger partial charge in [0, 0.05) is 48.8 Å². The Morgan fingerprint density at radius 2 is 1.97 bits per heavy atom. The van der Waals surface area contributed by atoms with Crippen molar-refractivity contribution < 1.29 is 19.2 Å². The lowest BCUT2D eigenvalue weighted by Gasteiger charge is -2.42. The van der Waals surface area contributed by atoms with Crippen molar-refractivity contribution in [3.05, 3.63) is 72.1 Å². The van der Waals surface area contributed by atoms with Gasteiger partial charge in [-0.2, -0.15) is 10.1 Å². The number of pyridine rings is 1. The molecule has 192 valence electrons. The first kappa shape index (κ1) is 23.4. The van der Waals surface area contributed by atoms with Crippen LogP contribution in [0.25, 0.3) is 28.3 Å². The highest BCUT2D eigenvalue weighted by atomic mass is 16.5. The van der Waals surface area contributed by atoms with Crippen LogP contribution < -0.4 is 5.32 Å². The van der Waals surface area contributed by atoms with Crippen LogP contribution >= 0.6 is 0 Å². The summed E-state index contributed by atoms with van der Waals surface area (Å²) < 4.78 is 8.90. The van der Waals surface area contributed by atoms with Crippen molar-refractivity contribution in [2.75, 3.05) is 11.9 Å². The minimum atomic E-state index is -0.966. The average molecular weight is 513 g/mol. The quantitative estimate of drug-likeness (QED) is 0.362. The maximum atomic E-state index is 13.2. The van der Waals surface area contributed by atoms with Crippen LogP contribution in [0.3, 0.4) is 0 Å². The summed E-state index contributed by atoms with van der Waals surface area (Å²) in [5.41, 5.74) is 4.89. The van der Waals surface area contributed by atoms with Gasteiger partial charge < -0.3 is 19.8 Å². The Morgan fingerprint density at radius 1 is 1.13 bits per heavy atom. The van der Waals surface area contributed by atoms with Crippen molar-refractivity contribution in [1.82, 2.24) is 34.2 Å². The average Bonchev–Trinajstić information content (AvgIpc) is 3.63. The zero-order chi connectivity index (χ0) is 26.6. The van der Waals surface area contributed by atoms with Gasteiger partial charge >= 0.3 is 6.09 Å². The molecule has 2 N–H and O–H groups in total. The molecule has 6 rings (SSSR count). The molecule has 1 aliphatic rings. The van der Waals surface area contributed by atoms with E-state index in [9.17, 15) is 14.7 Å². The van der Waals surface area contributed by atoms with Crippen LogP contribution in [0, 0.1) is 6.92 Å². The molecule has 2 amide bonds. The number of likely N-dealkylation sites (tertiary alicyclic amines) is 1. The number of carbonyl (C=O) groups excluding carboxylic acids is 1. The van der Waals surface area contributed by atoms with E-state index < -0.39 is 6.09 Å². The molecule has 4 aromatic heterocycles. The summed E-state index contributed by atoms with van der Waals surface area (Å²) >= 11 is 0. The fourth-order valence-corrected chi connectivity index (χ4v) is 4.61. The molecule has 5 heterocycles. The number of rotatable bonds is 5. The summed E-state index contributed by atoms with van der Waals surface area (Å²) in [6, 6.07) is 11.0. The number of aromatic nitrogens is 6. The number of nitrogens with zero attached hydrogens (tertiary/aromatic N) is 7. The van der Waals surface area contributed by atoms with E-state index in [4.69, 9.17) is 4.52 Å². The van der Waals surface area contributed by atoms with Gasteiger partial charge in [0.15, 0.2) is 0 Å². The molecular weight excluding hydrogens is 488 g/mol. The number of aryl methyl sites for hydroxylation is 2. The number of benzene rings is 1. The van der Waals surface area contributed by atoms with Crippen molar-refractivity contribution in [2.45, 2.75) is 25.8 Å². The SMILES string of the molecule is Cc1ccc(-c2noc(C3CN(C(=O)O)C3C)n2)cc1NC(=O)c1cnc2cc(-c3ccn(C)n3)ccn12. The third-order valence-corrected chi connectivity index (χ3v) is 6.97. The van der Waals surface area contributed by atoms with Gasteiger partial charge in [-0.3, -0.25) is 13.9 Å². The van der Waals surface area contributed by atoms with E-state index in [0.29, 0.717) is 40.9 Å². The molecular formula is C26H24N8O4. The van der Waals surface area contributed by atoms with Crippen LogP contribution in [0.15, 0.2) is 59.5 Å². The number of hydrogen-bond donors (Lipinski definition) is 2. The van der Waals surface area contributed by atoms with Gasteiger partial charge in [0.2, 0.25) is 11.7 Å². The summed E-state index contributed by atoms with van der Waals surface area (Å²) in [5, 5.41) is 20.7. The summed E-state index contributed by atoms with van der Waals surface area (Å²) in [5.74, 6) is 0.305. The van der Waals surface area contributed by atoms with E-state index in [1.807, 2.05) is 57.4 Å². The van der Waals surface area contributed by atoms with Crippen LogP contribution in [0.1, 0.15) is 34.8 Å². The van der Waals surface area contributed by atoms with E-state index in [-0.39, 0.29) is 17.9 Å². The molecule has 38 heavy (non-hydrogen) atoms. The number of carboxylic acid groups (broad SMARTS) is 1. The molecule has 1 fully saturated rings. The molecule has 0 aliphatic carbocycles. The second-order valence-corrected chi connectivity index (χ2v) is 9.38. The molecule has 1 aliphatic heterocycles. The number of amides is 2. The largest absolute Gasteiger partial charge is 0.465 e. The molecule has 0 saturated carbocycles. The molecule has 2 unspecified atom stereocenters. The maximum Gasteiger partial charge on any atom is 0.407 e. The third-order valence-electron chi connectivity index (χ3n) is 6.97. The lowest BCUT2D eigenvalue weighted by Crippen LogP contribution is -2.55. The Labute approximate surface area is 216 Å². The predicted octanol–water partition coefficient (Wildman–Crippen LogP) is 3.81. The van der Waals surface area contributed by atoms with E-state index in [0.717, 1.165) is 16.8 Å². The smallest absolute Gasteiger partial charge is 0.407 e. The van der Waals surface area contributed by atoms with Crippen LogP contribution in [-0.2, 0) is 7.05 Å². The highest BCUT2D eigenvalue weighted by molar-refractivity contribution is 6.04. The topological polar surface area (TPSA) is 144 Å². The molecule has 1 aromatic carbocycles. The van der Waals surface area contributed by atoms with E-state index in [1.165, 1.54) is 11.1 Å². The van der Waals surface area contributed by atoms with Crippen LogP contribution in [0.2, 0.25) is 0 Å². The Kier molecular flexibility index (Phi) is 5.44. The summed E-state index contributed by atoms with van der Waals surface area (Å²) in [6.45, 7) is 4.02. The molecule has 0 radical (unpaired) electrons. The number of carbonyl (C=O) groups is 2. The summed E-state index contributed by atoms with van der Waals surface area (Å²) in [4.78, 5) is 34.7. The van der Waals surface area contributed by atoms with Gasteiger partial charge in [-0.05, 0) is 43.7 Å². The minimum Gasteiger partial charge on any atom is -0.465 e. The lowest BCUT2D eigenvalue weighted by molar-refractivity contribution is 0.0533. The lowest BCUT2D eigenvalue weighted by atomic mass is 9.90. The second-order valence-electron chi connectivity index (χ2n) is 9.38. The minimum absolute atomic E-state index is 0.148. The predicted molar refractivity (Wildman–Crippen MR) is 137 cm³/mol. The van der Waals surface area contributed by atoms with Crippen molar-refractivity contribution in [1.29, 1.82) is 0 Å². The van der Waals surface area contributed by atoms with Crippen LogP contribution in [0.5, 0.6) is 0 Å². The zero-order valence-electron chi connectivity index (χ0n) is 20.9. The van der Waals surface area contributed by atoms with Gasteiger partial charge in [0.25, 0.3) is 5.91 Å². The van der Waals surface area contributed by atoms with Gasteiger partial charge in [-0.15, -0.1) is 0 Å². The highest BCUT2D eigenvalue weighted by Crippen LogP contribution is 2.34. The van der Waals surface area contributed by atoms with Crippen molar-refractivity contribution in [3.63, 3.8) is 0 Å². The Bertz CT molecular complexity index is 1700. The molecule has 12 nitrogen and oxygen atoms in total. The number of anilines is 1. The standard InChI is InChI=1S/C26H24N8O4/c1-14-4-5-17(23-29-25(38-31-23)18-13-34(15(18)2)26(36)37)10-20(14)28-24(35)21-12-27-22-11-16(6-9-33(21)22)19-7-8-32(3)30-19/h4-12,15,18H,13H2,1-3H3,(H,28,35)(H,36,37). The van der Waals surface area contributed by atoms with Crippen molar-refractivity contribution >= 4 is 23.3 Å². The van der Waals surface area contributed by atoms with Gasteiger partial charge in [0.05, 0.1) is 17.8 Å². The molecule has 0 spiro atoms. The molecule has 2 atom stereocenters. The zero-order valence-corrected chi connectivity index (χ0v) is 20.9. The van der Waals surface area contributed by atoms with Gasteiger partial charge in [-0.1, -0.05) is 17.3 Å².